The Hall–Kier alpha value is -2.61. The van der Waals surface area contributed by atoms with Crippen molar-refractivity contribution < 1.29 is 9.53 Å². The van der Waals surface area contributed by atoms with Crippen LogP contribution in [-0.2, 0) is 6.54 Å². The third-order valence-electron chi connectivity index (χ3n) is 3.77. The highest BCUT2D eigenvalue weighted by molar-refractivity contribution is 7.99. The van der Waals surface area contributed by atoms with Gasteiger partial charge < -0.3 is 9.72 Å². The number of aryl methyl sites for hydroxylation is 2. The van der Waals surface area contributed by atoms with Gasteiger partial charge in [0.2, 0.25) is 5.16 Å². The summed E-state index contributed by atoms with van der Waals surface area (Å²) in [6, 6.07) is 9.59. The minimum atomic E-state index is 0.0610. The number of carbonyl (C=O) groups excluding carboxylic acids is 1. The number of ether oxygens (including phenoxy) is 1. The molecular weight excluding hydrogens is 338 g/mol. The molecule has 0 fully saturated rings. The molecule has 3 rings (SSSR count). The Morgan fingerprint density at radius 2 is 2.04 bits per heavy atom. The monoisotopic (exact) mass is 357 g/mol. The summed E-state index contributed by atoms with van der Waals surface area (Å²) in [6.45, 7) is 4.38. The summed E-state index contributed by atoms with van der Waals surface area (Å²) >= 11 is 1.34. The second-order valence-electron chi connectivity index (χ2n) is 5.67. The number of benzene rings is 1. The lowest BCUT2D eigenvalue weighted by atomic mass is 10.2. The molecule has 3 aromatic rings. The average molecular weight is 357 g/mol. The first-order valence-electron chi connectivity index (χ1n) is 7.78. The highest BCUT2D eigenvalue weighted by atomic mass is 32.2. The van der Waals surface area contributed by atoms with E-state index in [2.05, 4.69) is 20.5 Å². The number of thioether (sulfide) groups is 1. The number of hydrogen-bond donors (Lipinski definition) is 1. The number of rotatable bonds is 7. The van der Waals surface area contributed by atoms with E-state index >= 15 is 0 Å². The fraction of sp³-hybridized carbons (Fsp3) is 0.294. The molecule has 0 spiro atoms. The molecule has 0 saturated carbocycles. The van der Waals surface area contributed by atoms with E-state index < -0.39 is 0 Å². The predicted octanol–water partition coefficient (Wildman–Crippen LogP) is 2.65. The Morgan fingerprint density at radius 1 is 1.28 bits per heavy atom. The molecule has 0 bridgehead atoms. The van der Waals surface area contributed by atoms with Crippen molar-refractivity contribution in [3.63, 3.8) is 0 Å². The molecule has 0 aliphatic carbocycles. The van der Waals surface area contributed by atoms with Crippen LogP contribution in [0, 0.1) is 13.8 Å². The van der Waals surface area contributed by atoms with Crippen molar-refractivity contribution in [2.24, 2.45) is 0 Å². The third kappa shape index (κ3) is 4.08. The van der Waals surface area contributed by atoms with Gasteiger partial charge in [0.25, 0.3) is 0 Å². The molecular formula is C17H19N5O2S. The minimum Gasteiger partial charge on any atom is -0.497 e. The van der Waals surface area contributed by atoms with Gasteiger partial charge in [0.05, 0.1) is 19.4 Å². The quantitative estimate of drug-likeness (QED) is 0.517. The zero-order chi connectivity index (χ0) is 17.8. The van der Waals surface area contributed by atoms with Crippen LogP contribution in [0.4, 0.5) is 0 Å². The number of methoxy groups -OCH3 is 1. The number of carbonyl (C=O) groups is 1. The number of nitrogens with zero attached hydrogens (tertiary/aromatic N) is 4. The van der Waals surface area contributed by atoms with Gasteiger partial charge in [0, 0.05) is 17.0 Å². The number of aromatic nitrogens is 5. The Morgan fingerprint density at radius 3 is 2.68 bits per heavy atom. The Balaban J connectivity index is 1.65. The van der Waals surface area contributed by atoms with Crippen LogP contribution in [-0.4, -0.2) is 43.8 Å². The molecule has 0 amide bonds. The fourth-order valence-corrected chi connectivity index (χ4v) is 3.28. The molecule has 2 aromatic heterocycles. The zero-order valence-corrected chi connectivity index (χ0v) is 15.1. The van der Waals surface area contributed by atoms with Crippen LogP contribution in [0.25, 0.3) is 0 Å². The van der Waals surface area contributed by atoms with Gasteiger partial charge in [-0.2, -0.15) is 0 Å². The van der Waals surface area contributed by atoms with E-state index in [0.29, 0.717) is 17.5 Å². The Labute approximate surface area is 149 Å². The van der Waals surface area contributed by atoms with E-state index in [0.717, 1.165) is 28.3 Å². The number of aromatic amines is 1. The number of H-pyrrole nitrogens is 1. The van der Waals surface area contributed by atoms with Crippen molar-refractivity contribution in [2.75, 3.05) is 12.9 Å². The van der Waals surface area contributed by atoms with Crippen molar-refractivity contribution >= 4 is 17.5 Å². The molecule has 1 N–H and O–H groups in total. The highest BCUT2D eigenvalue weighted by Crippen LogP contribution is 2.19. The van der Waals surface area contributed by atoms with Crippen LogP contribution in [0.1, 0.15) is 27.3 Å². The summed E-state index contributed by atoms with van der Waals surface area (Å²) in [5.74, 6) is 1.16. The number of Topliss-reactive ketones (excluding diaryl/α,β-unsaturated/α-hetero) is 1. The summed E-state index contributed by atoms with van der Waals surface area (Å²) in [5, 5.41) is 12.4. The lowest BCUT2D eigenvalue weighted by Gasteiger charge is -2.05. The SMILES string of the molecule is COc1ccc(Cn2nnnc2SCC(=O)c2cc(C)[nH]c2C)cc1. The molecule has 0 aliphatic heterocycles. The van der Waals surface area contributed by atoms with Crippen molar-refractivity contribution in [2.45, 2.75) is 25.5 Å². The topological polar surface area (TPSA) is 85.7 Å². The van der Waals surface area contributed by atoms with E-state index in [1.807, 2.05) is 44.2 Å². The van der Waals surface area contributed by atoms with Crippen LogP contribution in [0.3, 0.4) is 0 Å². The molecule has 0 unspecified atom stereocenters. The largest absolute Gasteiger partial charge is 0.497 e. The second-order valence-corrected chi connectivity index (χ2v) is 6.61. The average Bonchev–Trinajstić information content (AvgIpc) is 3.19. The summed E-state index contributed by atoms with van der Waals surface area (Å²) in [6.07, 6.45) is 0. The smallest absolute Gasteiger partial charge is 0.210 e. The van der Waals surface area contributed by atoms with Crippen LogP contribution in [0.2, 0.25) is 0 Å². The number of hydrogen-bond acceptors (Lipinski definition) is 6. The van der Waals surface area contributed by atoms with Crippen molar-refractivity contribution in [1.82, 2.24) is 25.2 Å². The normalized spacial score (nSPS) is 10.8. The van der Waals surface area contributed by atoms with Crippen molar-refractivity contribution in [3.8, 4) is 5.75 Å². The third-order valence-corrected chi connectivity index (χ3v) is 4.73. The van der Waals surface area contributed by atoms with Gasteiger partial charge in [-0.25, -0.2) is 4.68 Å². The summed E-state index contributed by atoms with van der Waals surface area (Å²) in [7, 11) is 1.63. The minimum absolute atomic E-state index is 0.0610. The van der Waals surface area contributed by atoms with E-state index in [4.69, 9.17) is 4.74 Å². The van der Waals surface area contributed by atoms with Gasteiger partial charge in [-0.3, -0.25) is 4.79 Å². The molecule has 7 nitrogen and oxygen atoms in total. The van der Waals surface area contributed by atoms with Gasteiger partial charge >= 0.3 is 0 Å². The molecule has 0 radical (unpaired) electrons. The van der Waals surface area contributed by atoms with E-state index in [-0.39, 0.29) is 5.78 Å². The first-order valence-corrected chi connectivity index (χ1v) is 8.76. The van der Waals surface area contributed by atoms with E-state index in [1.54, 1.807) is 11.8 Å². The van der Waals surface area contributed by atoms with E-state index in [1.165, 1.54) is 11.8 Å². The van der Waals surface area contributed by atoms with Crippen LogP contribution >= 0.6 is 11.8 Å². The molecule has 8 heteroatoms. The molecule has 2 heterocycles. The van der Waals surface area contributed by atoms with E-state index in [9.17, 15) is 4.79 Å². The molecule has 1 aromatic carbocycles. The number of tetrazole rings is 1. The van der Waals surface area contributed by atoms with Gasteiger partial charge in [-0.15, -0.1) is 5.10 Å². The molecule has 0 saturated heterocycles. The molecule has 0 aliphatic rings. The number of ketones is 1. The van der Waals surface area contributed by atoms with Crippen molar-refractivity contribution in [1.29, 1.82) is 0 Å². The molecule has 130 valence electrons. The highest BCUT2D eigenvalue weighted by Gasteiger charge is 2.15. The lowest BCUT2D eigenvalue weighted by Crippen LogP contribution is -2.07. The van der Waals surface area contributed by atoms with Crippen molar-refractivity contribution in [3.05, 3.63) is 52.8 Å². The van der Waals surface area contributed by atoms with Crippen LogP contribution < -0.4 is 4.74 Å². The van der Waals surface area contributed by atoms with Gasteiger partial charge in [-0.05, 0) is 48.0 Å². The molecule has 0 atom stereocenters. The fourth-order valence-electron chi connectivity index (χ4n) is 2.52. The van der Waals surface area contributed by atoms with Crippen LogP contribution in [0.5, 0.6) is 5.75 Å². The first kappa shape index (κ1) is 17.2. The summed E-state index contributed by atoms with van der Waals surface area (Å²) < 4.78 is 6.84. The Kier molecular flexibility index (Phi) is 5.18. The Bertz CT molecular complexity index is 870. The predicted molar refractivity (Wildman–Crippen MR) is 95.2 cm³/mol. The van der Waals surface area contributed by atoms with Gasteiger partial charge in [0.15, 0.2) is 5.78 Å². The first-order chi connectivity index (χ1) is 12.1. The van der Waals surface area contributed by atoms with Crippen LogP contribution in [0.15, 0.2) is 35.5 Å². The van der Waals surface area contributed by atoms with Gasteiger partial charge in [-0.1, -0.05) is 23.9 Å². The molecule has 25 heavy (non-hydrogen) atoms. The number of nitrogens with one attached hydrogen (secondary N) is 1. The zero-order valence-electron chi connectivity index (χ0n) is 14.3. The lowest BCUT2D eigenvalue weighted by molar-refractivity contribution is 0.102. The second kappa shape index (κ2) is 7.52. The summed E-state index contributed by atoms with van der Waals surface area (Å²) in [4.78, 5) is 15.5. The maximum absolute atomic E-state index is 12.4. The maximum atomic E-state index is 12.4. The van der Waals surface area contributed by atoms with Gasteiger partial charge in [0.1, 0.15) is 5.75 Å². The maximum Gasteiger partial charge on any atom is 0.210 e. The summed E-state index contributed by atoms with van der Waals surface area (Å²) in [5.41, 5.74) is 3.65. The standard InChI is InChI=1S/C17H19N5O2S/c1-11-8-15(12(2)18-11)16(23)10-25-17-19-20-21-22(17)9-13-4-6-14(24-3)7-5-13/h4-8,18H,9-10H2,1-3H3.